The molecule has 0 aromatic heterocycles. The van der Waals surface area contributed by atoms with Gasteiger partial charge < -0.3 is 5.11 Å². The minimum absolute atomic E-state index is 0.209. The molecule has 0 bridgehead atoms. The van der Waals surface area contributed by atoms with Gasteiger partial charge in [0, 0.05) is 6.54 Å². The van der Waals surface area contributed by atoms with Crippen LogP contribution in [0.1, 0.15) is 30.0 Å². The van der Waals surface area contributed by atoms with Gasteiger partial charge in [0.1, 0.15) is 5.60 Å². The van der Waals surface area contributed by atoms with Crippen LogP contribution in [0, 0.1) is 19.3 Å². The third-order valence-corrected chi connectivity index (χ3v) is 6.55. The van der Waals surface area contributed by atoms with Crippen molar-refractivity contribution in [3.63, 3.8) is 0 Å². The highest BCUT2D eigenvalue weighted by Crippen LogP contribution is 2.41. The van der Waals surface area contributed by atoms with Crippen LogP contribution in [0.2, 0.25) is 0 Å². The van der Waals surface area contributed by atoms with Crippen molar-refractivity contribution in [3.05, 3.63) is 65.7 Å². The van der Waals surface area contributed by atoms with E-state index in [2.05, 4.69) is 5.92 Å². The number of sulfonamides is 1. The van der Waals surface area contributed by atoms with Gasteiger partial charge in [0.05, 0.1) is 10.9 Å². The zero-order valence-electron chi connectivity index (χ0n) is 14.1. The molecule has 25 heavy (non-hydrogen) atoms. The van der Waals surface area contributed by atoms with Crippen molar-refractivity contribution in [2.45, 2.75) is 36.3 Å². The molecule has 1 fully saturated rings. The van der Waals surface area contributed by atoms with Crippen LogP contribution in [0.25, 0.3) is 0 Å². The molecule has 0 spiro atoms. The molecule has 1 saturated heterocycles. The van der Waals surface area contributed by atoms with E-state index in [1.807, 2.05) is 25.1 Å². The lowest BCUT2D eigenvalue weighted by Crippen LogP contribution is -2.52. The van der Waals surface area contributed by atoms with Gasteiger partial charge in [-0.3, -0.25) is 0 Å². The summed E-state index contributed by atoms with van der Waals surface area (Å²) in [6.07, 6.45) is 6.48. The minimum atomic E-state index is -3.78. The maximum atomic E-state index is 13.2. The topological polar surface area (TPSA) is 57.6 Å². The summed E-state index contributed by atoms with van der Waals surface area (Å²) in [5.74, 6) is 2.44. The number of benzene rings is 2. The van der Waals surface area contributed by atoms with Crippen molar-refractivity contribution < 1.29 is 13.5 Å². The number of aryl methyl sites for hydroxylation is 1. The second-order valence-corrected chi connectivity index (χ2v) is 8.30. The van der Waals surface area contributed by atoms with Gasteiger partial charge in [0.25, 0.3) is 0 Å². The average molecular weight is 355 g/mol. The molecule has 1 aliphatic heterocycles. The predicted octanol–water partition coefficient (Wildman–Crippen LogP) is 2.89. The lowest BCUT2D eigenvalue weighted by molar-refractivity contribution is -0.00733. The van der Waals surface area contributed by atoms with Crippen molar-refractivity contribution in [3.8, 4) is 12.3 Å². The van der Waals surface area contributed by atoms with Gasteiger partial charge >= 0.3 is 0 Å². The highest BCUT2D eigenvalue weighted by Gasteiger charge is 2.47. The van der Waals surface area contributed by atoms with E-state index in [0.29, 0.717) is 24.9 Å². The normalized spacial score (nSPS) is 24.6. The third kappa shape index (κ3) is 3.21. The molecule has 3 rings (SSSR count). The lowest BCUT2D eigenvalue weighted by atomic mass is 9.82. The second kappa shape index (κ2) is 6.64. The summed E-state index contributed by atoms with van der Waals surface area (Å²) in [6, 6.07) is 15.0. The van der Waals surface area contributed by atoms with E-state index in [9.17, 15) is 13.5 Å². The maximum absolute atomic E-state index is 13.2. The van der Waals surface area contributed by atoms with E-state index in [-0.39, 0.29) is 4.90 Å². The summed E-state index contributed by atoms with van der Waals surface area (Å²) in [7, 11) is -3.78. The first-order valence-corrected chi connectivity index (χ1v) is 9.66. The Kier molecular flexibility index (Phi) is 4.70. The fourth-order valence-electron chi connectivity index (χ4n) is 3.34. The fourth-order valence-corrected chi connectivity index (χ4v) is 5.04. The Balaban J connectivity index is 2.12. The summed E-state index contributed by atoms with van der Waals surface area (Å²) in [5, 5.41) is 11.0. The molecule has 1 aliphatic rings. The van der Waals surface area contributed by atoms with Gasteiger partial charge in [-0.05, 0) is 37.5 Å². The largest absolute Gasteiger partial charge is 0.376 e. The molecule has 0 aliphatic carbocycles. The summed E-state index contributed by atoms with van der Waals surface area (Å²) in [4.78, 5) is 0.209. The minimum Gasteiger partial charge on any atom is -0.376 e. The van der Waals surface area contributed by atoms with Crippen molar-refractivity contribution in [1.82, 2.24) is 4.31 Å². The molecule has 1 heterocycles. The summed E-state index contributed by atoms with van der Waals surface area (Å²) in [5.41, 5.74) is 0.146. The van der Waals surface area contributed by atoms with E-state index in [0.717, 1.165) is 5.56 Å². The maximum Gasteiger partial charge on any atom is 0.243 e. The van der Waals surface area contributed by atoms with E-state index >= 15 is 0 Å². The summed E-state index contributed by atoms with van der Waals surface area (Å²) in [6.45, 7) is 2.22. The number of aliphatic hydroxyl groups is 1. The molecule has 0 amide bonds. The van der Waals surface area contributed by atoms with Crippen molar-refractivity contribution in [2.75, 3.05) is 6.54 Å². The van der Waals surface area contributed by atoms with Crippen molar-refractivity contribution in [1.29, 1.82) is 0 Å². The van der Waals surface area contributed by atoms with Crippen LogP contribution in [-0.4, -0.2) is 30.0 Å². The van der Waals surface area contributed by atoms with Crippen LogP contribution in [0.3, 0.4) is 0 Å². The predicted molar refractivity (Wildman–Crippen MR) is 97.3 cm³/mol. The average Bonchev–Trinajstić information content (AvgIpc) is 2.62. The van der Waals surface area contributed by atoms with Gasteiger partial charge in [0.2, 0.25) is 10.0 Å². The van der Waals surface area contributed by atoms with Gasteiger partial charge in [-0.2, -0.15) is 4.31 Å². The van der Waals surface area contributed by atoms with Crippen LogP contribution in [0.4, 0.5) is 0 Å². The lowest BCUT2D eigenvalue weighted by Gasteiger charge is -2.43. The molecular formula is C20H21NO3S. The van der Waals surface area contributed by atoms with Crippen LogP contribution < -0.4 is 0 Å². The molecule has 1 N–H and O–H groups in total. The molecule has 0 saturated carbocycles. The van der Waals surface area contributed by atoms with Crippen molar-refractivity contribution in [2.24, 2.45) is 0 Å². The van der Waals surface area contributed by atoms with Gasteiger partial charge in [-0.1, -0.05) is 53.9 Å². The molecule has 2 atom stereocenters. The zero-order valence-corrected chi connectivity index (χ0v) is 14.9. The zero-order chi connectivity index (χ0) is 18.1. The Morgan fingerprint density at radius 3 is 2.40 bits per heavy atom. The van der Waals surface area contributed by atoms with Gasteiger partial charge in [-0.25, -0.2) is 8.42 Å². The highest BCUT2D eigenvalue weighted by molar-refractivity contribution is 7.89. The molecule has 4 nitrogen and oxygen atoms in total. The van der Waals surface area contributed by atoms with Crippen LogP contribution in [0.5, 0.6) is 0 Å². The number of piperidine rings is 1. The van der Waals surface area contributed by atoms with Crippen molar-refractivity contribution >= 4 is 10.0 Å². The summed E-state index contributed by atoms with van der Waals surface area (Å²) >= 11 is 0. The second-order valence-electron chi connectivity index (χ2n) is 6.41. The number of nitrogens with zero attached hydrogens (tertiary/aromatic N) is 1. The molecular weight excluding hydrogens is 334 g/mol. The van der Waals surface area contributed by atoms with Gasteiger partial charge in [-0.15, -0.1) is 6.42 Å². The molecule has 2 aromatic carbocycles. The monoisotopic (exact) mass is 355 g/mol. The standard InChI is InChI=1S/C20H21NO3S/c1-3-20(22)14-7-15-21(19(20)17-8-5-4-6-9-17)25(23,24)18-12-10-16(2)11-13-18/h1,4-6,8-13,19,22H,7,14-15H2,2H3/t19-,20-/m0/s1. The van der Waals surface area contributed by atoms with Crippen LogP contribution in [0.15, 0.2) is 59.5 Å². The summed E-state index contributed by atoms with van der Waals surface area (Å²) < 4.78 is 27.8. The number of hydrogen-bond acceptors (Lipinski definition) is 3. The Morgan fingerprint density at radius 2 is 1.80 bits per heavy atom. The Labute approximate surface area is 149 Å². The Hall–Kier alpha value is -2.13. The first-order valence-electron chi connectivity index (χ1n) is 8.22. The van der Waals surface area contributed by atoms with Gasteiger partial charge in [0.15, 0.2) is 0 Å². The highest BCUT2D eigenvalue weighted by atomic mass is 32.2. The number of rotatable bonds is 3. The van der Waals surface area contributed by atoms with E-state index < -0.39 is 21.7 Å². The molecule has 0 radical (unpaired) electrons. The molecule has 5 heteroatoms. The number of hydrogen-bond donors (Lipinski definition) is 1. The van der Waals surface area contributed by atoms with E-state index in [1.54, 1.807) is 36.4 Å². The van der Waals surface area contributed by atoms with E-state index in [4.69, 9.17) is 6.42 Å². The number of terminal acetylenes is 1. The smallest absolute Gasteiger partial charge is 0.243 e. The first-order chi connectivity index (χ1) is 11.9. The molecule has 0 unspecified atom stereocenters. The Bertz CT molecular complexity index is 885. The first kappa shape index (κ1) is 17.7. The quantitative estimate of drug-likeness (QED) is 0.862. The molecule has 2 aromatic rings. The van der Waals surface area contributed by atoms with E-state index in [1.165, 1.54) is 4.31 Å². The van der Waals surface area contributed by atoms with Crippen LogP contribution in [-0.2, 0) is 10.0 Å². The Morgan fingerprint density at radius 1 is 1.16 bits per heavy atom. The van der Waals surface area contributed by atoms with Crippen LogP contribution >= 0.6 is 0 Å². The third-order valence-electron chi connectivity index (χ3n) is 4.67. The SMILES string of the molecule is C#C[C@]1(O)CCCN(S(=O)(=O)c2ccc(C)cc2)[C@H]1c1ccccc1. The molecule has 130 valence electrons. The fraction of sp³-hybridized carbons (Fsp3) is 0.300.